The molecule has 1 nitrogen and oxygen atoms in total. The van der Waals surface area contributed by atoms with E-state index in [9.17, 15) is 4.79 Å². The Balaban J connectivity index is 2.94. The molecule has 0 atom stereocenters. The monoisotopic (exact) mass is 204 g/mol. The zero-order valence-electron chi connectivity index (χ0n) is 8.23. The SMILES string of the molecule is C=CP(C=C)C(=O)c1ccc(C)cc1. The molecule has 1 aromatic rings. The molecule has 72 valence electrons. The Labute approximate surface area is 85.9 Å². The van der Waals surface area contributed by atoms with E-state index in [0.717, 1.165) is 11.1 Å². The van der Waals surface area contributed by atoms with Gasteiger partial charge in [0, 0.05) is 13.5 Å². The molecule has 1 rings (SSSR count). The maximum atomic E-state index is 11.8. The van der Waals surface area contributed by atoms with Gasteiger partial charge >= 0.3 is 0 Å². The molecule has 0 aliphatic rings. The van der Waals surface area contributed by atoms with Crippen LogP contribution in [0, 0.1) is 6.92 Å². The van der Waals surface area contributed by atoms with Crippen molar-refractivity contribution in [2.75, 3.05) is 0 Å². The van der Waals surface area contributed by atoms with Crippen molar-refractivity contribution in [2.45, 2.75) is 6.92 Å². The van der Waals surface area contributed by atoms with Crippen LogP contribution in [0.3, 0.4) is 0 Å². The standard InChI is InChI=1S/C12H13OP/c1-4-14(5-2)12(13)11-8-6-10(3)7-9-11/h4-9H,1-2H2,3H3. The first-order chi connectivity index (χ1) is 6.69. The van der Waals surface area contributed by atoms with Gasteiger partial charge in [0.15, 0.2) is 5.52 Å². The molecule has 0 amide bonds. The molecule has 0 saturated carbocycles. The molecular formula is C12H13OP. The summed E-state index contributed by atoms with van der Waals surface area (Å²) in [4.78, 5) is 11.8. The van der Waals surface area contributed by atoms with Crippen LogP contribution >= 0.6 is 7.92 Å². The fourth-order valence-corrected chi connectivity index (χ4v) is 2.01. The number of carbonyl (C=O) groups is 1. The molecule has 0 aromatic heterocycles. The van der Waals surface area contributed by atoms with Crippen molar-refractivity contribution in [2.24, 2.45) is 0 Å². The van der Waals surface area contributed by atoms with Crippen LogP contribution in [-0.2, 0) is 0 Å². The summed E-state index contributed by atoms with van der Waals surface area (Å²) in [5, 5.41) is 0. The van der Waals surface area contributed by atoms with Crippen LogP contribution in [-0.4, -0.2) is 5.52 Å². The molecule has 1 aromatic carbocycles. The zero-order chi connectivity index (χ0) is 10.6. The lowest BCUT2D eigenvalue weighted by Crippen LogP contribution is -1.93. The van der Waals surface area contributed by atoms with Gasteiger partial charge in [-0.05, 0) is 6.92 Å². The second-order valence-electron chi connectivity index (χ2n) is 2.94. The van der Waals surface area contributed by atoms with Gasteiger partial charge in [-0.2, -0.15) is 0 Å². The Morgan fingerprint density at radius 3 is 2.14 bits per heavy atom. The predicted octanol–water partition coefficient (Wildman–Crippen LogP) is 3.90. The van der Waals surface area contributed by atoms with E-state index in [1.54, 1.807) is 11.6 Å². The van der Waals surface area contributed by atoms with Gasteiger partial charge in [0.05, 0.1) is 0 Å². The van der Waals surface area contributed by atoms with Crippen molar-refractivity contribution in [1.82, 2.24) is 0 Å². The summed E-state index contributed by atoms with van der Waals surface area (Å²) in [5.74, 6) is 3.34. The summed E-state index contributed by atoms with van der Waals surface area (Å²) in [6.07, 6.45) is 0. The molecule has 0 aliphatic carbocycles. The maximum absolute atomic E-state index is 11.8. The molecule has 0 saturated heterocycles. The van der Waals surface area contributed by atoms with Gasteiger partial charge in [-0.1, -0.05) is 54.6 Å². The number of hydrogen-bond donors (Lipinski definition) is 0. The average Bonchev–Trinajstić information content (AvgIpc) is 2.20. The Hall–Kier alpha value is -1.20. The summed E-state index contributed by atoms with van der Waals surface area (Å²) in [7, 11) is -0.914. The highest BCUT2D eigenvalue weighted by Gasteiger charge is 2.12. The van der Waals surface area contributed by atoms with Gasteiger partial charge in [-0.3, -0.25) is 4.79 Å². The highest BCUT2D eigenvalue weighted by molar-refractivity contribution is 7.80. The molecule has 0 fully saturated rings. The fourth-order valence-electron chi connectivity index (χ4n) is 1.09. The highest BCUT2D eigenvalue weighted by atomic mass is 31.1. The second kappa shape index (κ2) is 4.88. The van der Waals surface area contributed by atoms with E-state index < -0.39 is 7.92 Å². The first-order valence-corrected chi connectivity index (χ1v) is 5.81. The Morgan fingerprint density at radius 1 is 1.21 bits per heavy atom. The number of rotatable bonds is 4. The normalized spacial score (nSPS) is 9.86. The Morgan fingerprint density at radius 2 is 1.71 bits per heavy atom. The van der Waals surface area contributed by atoms with Crippen LogP contribution in [0.25, 0.3) is 0 Å². The minimum Gasteiger partial charge on any atom is -0.288 e. The molecule has 0 aliphatic heterocycles. The van der Waals surface area contributed by atoms with E-state index in [1.807, 2.05) is 31.2 Å². The third-order valence-electron chi connectivity index (χ3n) is 1.93. The van der Waals surface area contributed by atoms with Gasteiger partial charge in [-0.15, -0.1) is 0 Å². The summed E-state index contributed by atoms with van der Waals surface area (Å²) in [5.41, 5.74) is 2.01. The Bertz CT molecular complexity index is 343. The smallest absolute Gasteiger partial charge is 0.191 e. The van der Waals surface area contributed by atoms with Crippen molar-refractivity contribution in [3.8, 4) is 0 Å². The summed E-state index contributed by atoms with van der Waals surface area (Å²) in [6.45, 7) is 9.26. The third-order valence-corrected chi connectivity index (χ3v) is 3.44. The van der Waals surface area contributed by atoms with E-state index in [0.29, 0.717) is 0 Å². The summed E-state index contributed by atoms with van der Waals surface area (Å²) < 4.78 is 0. The van der Waals surface area contributed by atoms with Crippen LogP contribution < -0.4 is 0 Å². The first kappa shape index (κ1) is 10.9. The molecule has 0 N–H and O–H groups in total. The van der Waals surface area contributed by atoms with Gasteiger partial charge in [0.1, 0.15) is 0 Å². The number of benzene rings is 1. The lowest BCUT2D eigenvalue weighted by Gasteiger charge is -2.05. The van der Waals surface area contributed by atoms with E-state index in [1.165, 1.54) is 0 Å². The van der Waals surface area contributed by atoms with Gasteiger partial charge < -0.3 is 0 Å². The second-order valence-corrected chi connectivity index (χ2v) is 4.89. The molecule has 14 heavy (non-hydrogen) atoms. The van der Waals surface area contributed by atoms with Crippen molar-refractivity contribution >= 4 is 13.4 Å². The minimum atomic E-state index is -0.914. The van der Waals surface area contributed by atoms with E-state index in [2.05, 4.69) is 13.2 Å². The van der Waals surface area contributed by atoms with Crippen LogP contribution in [0.2, 0.25) is 0 Å². The van der Waals surface area contributed by atoms with Gasteiger partial charge in [-0.25, -0.2) is 0 Å². The molecular weight excluding hydrogens is 191 g/mol. The van der Waals surface area contributed by atoms with Crippen LogP contribution in [0.5, 0.6) is 0 Å². The molecule has 0 bridgehead atoms. The maximum Gasteiger partial charge on any atom is 0.191 e. The average molecular weight is 204 g/mol. The molecule has 0 spiro atoms. The van der Waals surface area contributed by atoms with Crippen LogP contribution in [0.1, 0.15) is 15.9 Å². The van der Waals surface area contributed by atoms with Crippen molar-refractivity contribution in [1.29, 1.82) is 0 Å². The topological polar surface area (TPSA) is 17.1 Å². The van der Waals surface area contributed by atoms with E-state index >= 15 is 0 Å². The molecule has 0 radical (unpaired) electrons. The minimum absolute atomic E-state index is 0.116. The zero-order valence-corrected chi connectivity index (χ0v) is 9.13. The van der Waals surface area contributed by atoms with Gasteiger partial charge in [0.25, 0.3) is 0 Å². The number of aryl methyl sites for hydroxylation is 1. The number of hydrogen-bond acceptors (Lipinski definition) is 1. The summed E-state index contributed by atoms with van der Waals surface area (Å²) >= 11 is 0. The van der Waals surface area contributed by atoms with Crippen molar-refractivity contribution in [3.63, 3.8) is 0 Å². The number of carbonyl (C=O) groups excluding carboxylic acids is 1. The largest absolute Gasteiger partial charge is 0.288 e. The highest BCUT2D eigenvalue weighted by Crippen LogP contribution is 2.41. The third kappa shape index (κ3) is 2.40. The van der Waals surface area contributed by atoms with Crippen LogP contribution in [0.15, 0.2) is 49.1 Å². The Kier molecular flexibility index (Phi) is 3.79. The molecule has 0 unspecified atom stereocenters. The quantitative estimate of drug-likeness (QED) is 0.679. The fraction of sp³-hybridized carbons (Fsp3) is 0.0833. The predicted molar refractivity (Wildman–Crippen MR) is 62.8 cm³/mol. The molecule has 0 heterocycles. The van der Waals surface area contributed by atoms with Crippen molar-refractivity contribution in [3.05, 3.63) is 60.2 Å². The lowest BCUT2D eigenvalue weighted by atomic mass is 10.2. The lowest BCUT2D eigenvalue weighted by molar-refractivity contribution is 0.108. The summed E-state index contributed by atoms with van der Waals surface area (Å²) in [6, 6.07) is 7.57. The van der Waals surface area contributed by atoms with Gasteiger partial charge in [0.2, 0.25) is 0 Å². The van der Waals surface area contributed by atoms with Crippen molar-refractivity contribution < 1.29 is 4.79 Å². The molecule has 2 heteroatoms. The van der Waals surface area contributed by atoms with Crippen LogP contribution in [0.4, 0.5) is 0 Å². The van der Waals surface area contributed by atoms with E-state index in [4.69, 9.17) is 0 Å². The van der Waals surface area contributed by atoms with E-state index in [-0.39, 0.29) is 5.52 Å². The first-order valence-electron chi connectivity index (χ1n) is 4.33.